The molecule has 51 heavy (non-hydrogen) atoms. The third-order valence-corrected chi connectivity index (χ3v) is 9.74. The third-order valence-electron chi connectivity index (χ3n) is 9.45. The van der Waals surface area contributed by atoms with Gasteiger partial charge in [0.25, 0.3) is 0 Å². The van der Waals surface area contributed by atoms with Gasteiger partial charge in [-0.2, -0.15) is 0 Å². The van der Waals surface area contributed by atoms with Gasteiger partial charge < -0.3 is 24.8 Å². The molecular formula is C41H47ClN2O7. The van der Waals surface area contributed by atoms with E-state index in [0.717, 1.165) is 11.1 Å². The van der Waals surface area contributed by atoms with Gasteiger partial charge in [-0.05, 0) is 53.7 Å². The molecule has 3 aromatic rings. The number of cyclic esters (lactones) is 1. The standard InChI is InChI=1S/C41H47ClN2O7/c1-25(2)20-34-41(48)50-35(26(3)38-39(51-38)29-14-9-6-10-15-29)17-11-16-31(45)23-30(21-27-18-19-36(49-4)32(42)22-27)40(47)44-33(24-37(46)43-34)28-12-7-5-8-13-28/h5-16,18-19,22,25-26,30,33-35,38-39H,17,20-21,23-24H2,1-4H3,(H,43,46)(H,44,47)/b16-11+/t26-,30-,33?,34-,35-,38?,39?/m0/s1. The number of hydrogen-bond donors (Lipinski definition) is 2. The Morgan fingerprint density at radius 2 is 1.57 bits per heavy atom. The van der Waals surface area contributed by atoms with Crippen LogP contribution >= 0.6 is 11.6 Å². The number of ether oxygens (including phenoxy) is 3. The summed E-state index contributed by atoms with van der Waals surface area (Å²) in [5.41, 5.74) is 2.52. The summed E-state index contributed by atoms with van der Waals surface area (Å²) in [6.07, 6.45) is 2.86. The fourth-order valence-electron chi connectivity index (χ4n) is 6.62. The van der Waals surface area contributed by atoms with E-state index in [1.807, 2.05) is 87.5 Å². The highest BCUT2D eigenvalue weighted by Crippen LogP contribution is 2.45. The van der Waals surface area contributed by atoms with Crippen molar-refractivity contribution in [3.63, 3.8) is 0 Å². The van der Waals surface area contributed by atoms with Gasteiger partial charge in [-0.15, -0.1) is 0 Å². The number of methoxy groups -OCH3 is 1. The van der Waals surface area contributed by atoms with Gasteiger partial charge >= 0.3 is 5.97 Å². The number of amides is 2. The zero-order valence-electron chi connectivity index (χ0n) is 29.6. The van der Waals surface area contributed by atoms with Crippen LogP contribution < -0.4 is 15.4 Å². The van der Waals surface area contributed by atoms with Crippen molar-refractivity contribution in [1.82, 2.24) is 10.6 Å². The van der Waals surface area contributed by atoms with Crippen LogP contribution in [0.2, 0.25) is 5.02 Å². The molecule has 0 saturated carbocycles. The zero-order valence-corrected chi connectivity index (χ0v) is 30.3. The molecule has 0 bridgehead atoms. The topological polar surface area (TPSA) is 123 Å². The molecule has 2 aliphatic rings. The lowest BCUT2D eigenvalue weighted by atomic mass is 9.91. The molecule has 3 aromatic carbocycles. The molecule has 3 unspecified atom stereocenters. The zero-order chi connectivity index (χ0) is 36.5. The van der Waals surface area contributed by atoms with Crippen molar-refractivity contribution in [2.75, 3.05) is 7.11 Å². The van der Waals surface area contributed by atoms with Gasteiger partial charge in [-0.3, -0.25) is 14.4 Å². The molecule has 0 aromatic heterocycles. The number of esters is 1. The third kappa shape index (κ3) is 10.5. The number of carbonyl (C=O) groups is 4. The fourth-order valence-corrected chi connectivity index (χ4v) is 6.90. The summed E-state index contributed by atoms with van der Waals surface area (Å²) < 4.78 is 17.5. The Bertz CT molecular complexity index is 1700. The van der Waals surface area contributed by atoms with Gasteiger partial charge in [0.15, 0.2) is 5.78 Å². The number of ketones is 1. The lowest BCUT2D eigenvalue weighted by Gasteiger charge is -2.27. The number of hydrogen-bond acceptors (Lipinski definition) is 7. The van der Waals surface area contributed by atoms with E-state index in [2.05, 4.69) is 10.6 Å². The SMILES string of the molecule is COc1ccc(C[C@H]2CC(=O)/C=C/C[C@@H]([C@H](C)C3OC3c3ccccc3)OC(=O)[C@H](CC(C)C)NC(=O)CC(c3ccccc3)NC2=O)cc1Cl. The molecule has 7 atom stereocenters. The van der Waals surface area contributed by atoms with E-state index in [1.54, 1.807) is 18.2 Å². The highest BCUT2D eigenvalue weighted by Gasteiger charge is 2.47. The monoisotopic (exact) mass is 714 g/mol. The molecule has 1 fully saturated rings. The van der Waals surface area contributed by atoms with Crippen molar-refractivity contribution in [3.8, 4) is 5.75 Å². The Balaban J connectivity index is 1.45. The van der Waals surface area contributed by atoms with Gasteiger partial charge in [-0.25, -0.2) is 4.79 Å². The van der Waals surface area contributed by atoms with Crippen LogP contribution in [-0.2, 0) is 35.1 Å². The normalized spacial score (nSPS) is 26.1. The van der Waals surface area contributed by atoms with Crippen molar-refractivity contribution in [3.05, 3.63) is 113 Å². The van der Waals surface area contributed by atoms with Crippen LogP contribution in [0.25, 0.3) is 0 Å². The summed E-state index contributed by atoms with van der Waals surface area (Å²) >= 11 is 6.41. The molecule has 2 amide bonds. The number of carbonyl (C=O) groups excluding carboxylic acids is 4. The predicted molar refractivity (Wildman–Crippen MR) is 195 cm³/mol. The average Bonchev–Trinajstić information content (AvgIpc) is 3.91. The summed E-state index contributed by atoms with van der Waals surface area (Å²) in [5, 5.41) is 6.35. The molecule has 0 spiro atoms. The van der Waals surface area contributed by atoms with Crippen molar-refractivity contribution in [2.24, 2.45) is 17.8 Å². The maximum atomic E-state index is 14.0. The van der Waals surface area contributed by atoms with Gasteiger partial charge in [-0.1, -0.05) is 105 Å². The molecule has 10 heteroatoms. The minimum atomic E-state index is -0.907. The fraction of sp³-hybridized carbons (Fsp3) is 0.415. The Labute approximate surface area is 305 Å². The van der Waals surface area contributed by atoms with Crippen molar-refractivity contribution >= 4 is 35.2 Å². The Morgan fingerprint density at radius 1 is 0.882 bits per heavy atom. The Hall–Kier alpha value is -4.47. The maximum absolute atomic E-state index is 14.0. The molecule has 9 nitrogen and oxygen atoms in total. The largest absolute Gasteiger partial charge is 0.495 e. The van der Waals surface area contributed by atoms with Gasteiger partial charge in [0.1, 0.15) is 24.0 Å². The number of halogens is 1. The maximum Gasteiger partial charge on any atom is 0.328 e. The van der Waals surface area contributed by atoms with Crippen LogP contribution in [0.1, 0.15) is 75.3 Å². The van der Waals surface area contributed by atoms with E-state index in [0.29, 0.717) is 22.8 Å². The predicted octanol–water partition coefficient (Wildman–Crippen LogP) is 6.89. The van der Waals surface area contributed by atoms with Crippen LogP contribution in [0.4, 0.5) is 0 Å². The summed E-state index contributed by atoms with van der Waals surface area (Å²) in [6.45, 7) is 5.91. The molecule has 0 aliphatic carbocycles. The molecule has 2 aliphatic heterocycles. The highest BCUT2D eigenvalue weighted by atomic mass is 35.5. The van der Waals surface area contributed by atoms with Crippen LogP contribution in [0.5, 0.6) is 5.75 Å². The first-order valence-corrected chi connectivity index (χ1v) is 18.0. The van der Waals surface area contributed by atoms with Gasteiger partial charge in [0, 0.05) is 24.7 Å². The smallest absolute Gasteiger partial charge is 0.328 e. The Kier molecular flexibility index (Phi) is 13.1. The number of benzene rings is 3. The molecule has 2 heterocycles. The summed E-state index contributed by atoms with van der Waals surface area (Å²) in [6, 6.07) is 22.7. The first kappa shape index (κ1) is 37.8. The molecule has 2 N–H and O–H groups in total. The van der Waals surface area contributed by atoms with Crippen LogP contribution in [0, 0.1) is 17.8 Å². The number of rotatable bonds is 9. The quantitative estimate of drug-likeness (QED) is 0.183. The summed E-state index contributed by atoms with van der Waals surface area (Å²) in [7, 11) is 1.53. The van der Waals surface area contributed by atoms with E-state index in [4.69, 9.17) is 25.8 Å². The van der Waals surface area contributed by atoms with Crippen LogP contribution in [0.15, 0.2) is 91.0 Å². The molecule has 1 saturated heterocycles. The van der Waals surface area contributed by atoms with Crippen LogP contribution in [0.3, 0.4) is 0 Å². The van der Waals surface area contributed by atoms with E-state index < -0.39 is 36.0 Å². The van der Waals surface area contributed by atoms with E-state index in [1.165, 1.54) is 13.2 Å². The second-order valence-corrected chi connectivity index (χ2v) is 14.3. The molecule has 0 radical (unpaired) electrons. The lowest BCUT2D eigenvalue weighted by molar-refractivity contribution is -0.156. The molecular weight excluding hydrogens is 668 g/mol. The number of epoxide rings is 1. The van der Waals surface area contributed by atoms with Gasteiger partial charge in [0.05, 0.1) is 30.7 Å². The molecule has 5 rings (SSSR count). The van der Waals surface area contributed by atoms with Crippen LogP contribution in [-0.4, -0.2) is 48.9 Å². The second-order valence-electron chi connectivity index (χ2n) is 13.9. The van der Waals surface area contributed by atoms with E-state index >= 15 is 0 Å². The minimum Gasteiger partial charge on any atom is -0.495 e. The van der Waals surface area contributed by atoms with Crippen molar-refractivity contribution in [1.29, 1.82) is 0 Å². The summed E-state index contributed by atoms with van der Waals surface area (Å²) in [4.78, 5) is 55.0. The number of allylic oxidation sites excluding steroid dienone is 1. The molecule has 270 valence electrons. The summed E-state index contributed by atoms with van der Waals surface area (Å²) in [5.74, 6) is -1.98. The first-order chi connectivity index (χ1) is 24.5. The van der Waals surface area contributed by atoms with E-state index in [9.17, 15) is 19.2 Å². The van der Waals surface area contributed by atoms with Crippen molar-refractivity contribution < 1.29 is 33.4 Å². The minimum absolute atomic E-state index is 0.0768. The lowest BCUT2D eigenvalue weighted by Crippen LogP contribution is -2.46. The van der Waals surface area contributed by atoms with Gasteiger partial charge in [0.2, 0.25) is 11.8 Å². The average molecular weight is 715 g/mol. The first-order valence-electron chi connectivity index (χ1n) is 17.6. The van der Waals surface area contributed by atoms with E-state index in [-0.39, 0.29) is 61.4 Å². The van der Waals surface area contributed by atoms with Crippen molar-refractivity contribution in [2.45, 2.75) is 83.3 Å². The number of nitrogens with one attached hydrogen (secondary N) is 2. The highest BCUT2D eigenvalue weighted by molar-refractivity contribution is 6.32. The second kappa shape index (κ2) is 17.6. The Morgan fingerprint density at radius 3 is 2.22 bits per heavy atom.